The molecule has 0 spiro atoms. The summed E-state index contributed by atoms with van der Waals surface area (Å²) in [5.41, 5.74) is 3.29. The lowest BCUT2D eigenvalue weighted by molar-refractivity contribution is -0.121. The standard InChI is InChI=1S/C25H26N4O2S/c1-17-22(18-9-4-3-5-10-18)23-24(28-16-29-25(23)32-17)26-14-8-13-21(30)27-15-19-11-6-7-12-20(19)31-2/h3-7,9-12,16H,8,13-15H2,1-2H3,(H,27,30)(H,26,28,29). The van der Waals surface area contributed by atoms with Crippen molar-refractivity contribution < 1.29 is 9.53 Å². The van der Waals surface area contributed by atoms with Crippen molar-refractivity contribution in [1.29, 1.82) is 0 Å². The third kappa shape index (κ3) is 4.89. The van der Waals surface area contributed by atoms with Crippen molar-refractivity contribution in [3.63, 3.8) is 0 Å². The zero-order valence-corrected chi connectivity index (χ0v) is 19.0. The van der Waals surface area contributed by atoms with Gasteiger partial charge in [0.1, 0.15) is 22.7 Å². The molecule has 0 saturated carbocycles. The van der Waals surface area contributed by atoms with Gasteiger partial charge in [0.2, 0.25) is 5.91 Å². The fourth-order valence-corrected chi connectivity index (χ4v) is 4.73. The van der Waals surface area contributed by atoms with E-state index in [1.807, 2.05) is 42.5 Å². The SMILES string of the molecule is COc1ccccc1CNC(=O)CCCNc1ncnc2sc(C)c(-c3ccccc3)c12. The minimum absolute atomic E-state index is 0.0156. The highest BCUT2D eigenvalue weighted by Crippen LogP contribution is 2.40. The molecule has 4 aromatic rings. The summed E-state index contributed by atoms with van der Waals surface area (Å²) >= 11 is 1.67. The Morgan fingerprint density at radius 3 is 2.66 bits per heavy atom. The number of rotatable bonds is 9. The van der Waals surface area contributed by atoms with Crippen molar-refractivity contribution in [3.8, 4) is 16.9 Å². The molecule has 0 aliphatic rings. The van der Waals surface area contributed by atoms with Gasteiger partial charge in [-0.2, -0.15) is 0 Å². The Morgan fingerprint density at radius 1 is 1.06 bits per heavy atom. The van der Waals surface area contributed by atoms with Crippen LogP contribution < -0.4 is 15.4 Å². The lowest BCUT2D eigenvalue weighted by Crippen LogP contribution is -2.23. The van der Waals surface area contributed by atoms with Crippen LogP contribution in [0.5, 0.6) is 5.75 Å². The Kier molecular flexibility index (Phi) is 6.97. The Morgan fingerprint density at radius 2 is 1.84 bits per heavy atom. The summed E-state index contributed by atoms with van der Waals surface area (Å²) in [7, 11) is 1.63. The molecule has 0 radical (unpaired) electrons. The number of methoxy groups -OCH3 is 1. The molecule has 6 nitrogen and oxygen atoms in total. The molecule has 2 aromatic heterocycles. The number of hydrogen-bond acceptors (Lipinski definition) is 6. The monoisotopic (exact) mass is 446 g/mol. The van der Waals surface area contributed by atoms with Crippen LogP contribution in [0.15, 0.2) is 60.9 Å². The van der Waals surface area contributed by atoms with Crippen LogP contribution in [-0.2, 0) is 11.3 Å². The first-order chi connectivity index (χ1) is 15.7. The van der Waals surface area contributed by atoms with Crippen molar-refractivity contribution in [3.05, 3.63) is 71.4 Å². The molecule has 32 heavy (non-hydrogen) atoms. The van der Waals surface area contributed by atoms with E-state index in [1.54, 1.807) is 24.8 Å². The molecule has 0 saturated heterocycles. The minimum atomic E-state index is 0.0156. The topological polar surface area (TPSA) is 76.1 Å². The van der Waals surface area contributed by atoms with E-state index in [1.165, 1.54) is 10.4 Å². The Hall–Kier alpha value is -3.45. The molecular formula is C25H26N4O2S. The van der Waals surface area contributed by atoms with Crippen LogP contribution in [0.25, 0.3) is 21.3 Å². The van der Waals surface area contributed by atoms with Crippen LogP contribution in [0.2, 0.25) is 0 Å². The van der Waals surface area contributed by atoms with Gasteiger partial charge in [0.05, 0.1) is 12.5 Å². The van der Waals surface area contributed by atoms with E-state index < -0.39 is 0 Å². The maximum absolute atomic E-state index is 12.3. The fraction of sp³-hybridized carbons (Fsp3) is 0.240. The highest BCUT2D eigenvalue weighted by Gasteiger charge is 2.16. The zero-order valence-electron chi connectivity index (χ0n) is 18.2. The molecule has 164 valence electrons. The van der Waals surface area contributed by atoms with Gasteiger partial charge in [0.15, 0.2) is 0 Å². The number of nitrogens with one attached hydrogen (secondary N) is 2. The van der Waals surface area contributed by atoms with Crippen molar-refractivity contribution in [2.24, 2.45) is 0 Å². The Labute approximate surface area is 191 Å². The summed E-state index contributed by atoms with van der Waals surface area (Å²) in [5, 5.41) is 7.42. The lowest BCUT2D eigenvalue weighted by Gasteiger charge is -2.10. The van der Waals surface area contributed by atoms with Gasteiger partial charge >= 0.3 is 0 Å². The second kappa shape index (κ2) is 10.2. The summed E-state index contributed by atoms with van der Waals surface area (Å²) in [5.74, 6) is 1.61. The van der Waals surface area contributed by atoms with E-state index in [9.17, 15) is 4.79 Å². The molecule has 1 amide bonds. The van der Waals surface area contributed by atoms with Crippen LogP contribution in [-0.4, -0.2) is 29.5 Å². The number of hydrogen-bond donors (Lipinski definition) is 2. The van der Waals surface area contributed by atoms with Crippen molar-refractivity contribution in [2.75, 3.05) is 19.0 Å². The maximum atomic E-state index is 12.3. The average molecular weight is 447 g/mol. The first-order valence-corrected chi connectivity index (χ1v) is 11.4. The molecule has 0 aliphatic carbocycles. The Bertz CT molecular complexity index is 1210. The second-order valence-corrected chi connectivity index (χ2v) is 8.62. The summed E-state index contributed by atoms with van der Waals surface area (Å²) < 4.78 is 5.33. The molecular weight excluding hydrogens is 420 g/mol. The summed E-state index contributed by atoms with van der Waals surface area (Å²) in [6.07, 6.45) is 2.73. The molecule has 0 unspecified atom stereocenters. The van der Waals surface area contributed by atoms with Gasteiger partial charge in [-0.15, -0.1) is 11.3 Å². The molecule has 4 rings (SSSR count). The summed E-state index contributed by atoms with van der Waals surface area (Å²) in [6, 6.07) is 18.0. The van der Waals surface area contributed by atoms with Crippen LogP contribution in [0.4, 0.5) is 5.82 Å². The number of carbonyl (C=O) groups excluding carboxylic acids is 1. The van der Waals surface area contributed by atoms with Gasteiger partial charge in [-0.1, -0.05) is 48.5 Å². The van der Waals surface area contributed by atoms with Crippen LogP contribution in [0.3, 0.4) is 0 Å². The molecule has 2 aromatic carbocycles. The van der Waals surface area contributed by atoms with Gasteiger partial charge in [-0.3, -0.25) is 4.79 Å². The first-order valence-electron chi connectivity index (χ1n) is 10.6. The van der Waals surface area contributed by atoms with Gasteiger partial charge in [-0.05, 0) is 25.0 Å². The number of aromatic nitrogens is 2. The normalized spacial score (nSPS) is 10.8. The van der Waals surface area contributed by atoms with E-state index in [2.05, 4.69) is 39.7 Å². The molecule has 2 N–H and O–H groups in total. The number of benzene rings is 2. The highest BCUT2D eigenvalue weighted by molar-refractivity contribution is 7.19. The molecule has 0 aliphatic heterocycles. The van der Waals surface area contributed by atoms with E-state index >= 15 is 0 Å². The van der Waals surface area contributed by atoms with E-state index in [4.69, 9.17) is 4.74 Å². The second-order valence-electron chi connectivity index (χ2n) is 7.42. The number of fused-ring (bicyclic) bond motifs is 1. The third-order valence-electron chi connectivity index (χ3n) is 5.27. The van der Waals surface area contributed by atoms with Crippen LogP contribution >= 0.6 is 11.3 Å². The quantitative estimate of drug-likeness (QED) is 0.346. The molecule has 2 heterocycles. The third-order valence-corrected chi connectivity index (χ3v) is 6.28. The van der Waals surface area contributed by atoms with Crippen molar-refractivity contribution in [1.82, 2.24) is 15.3 Å². The summed E-state index contributed by atoms with van der Waals surface area (Å²) in [6.45, 7) is 3.22. The maximum Gasteiger partial charge on any atom is 0.220 e. The fourth-order valence-electron chi connectivity index (χ4n) is 3.72. The predicted molar refractivity (Wildman–Crippen MR) is 130 cm³/mol. The number of thiophene rings is 1. The Balaban J connectivity index is 1.36. The number of anilines is 1. The smallest absolute Gasteiger partial charge is 0.220 e. The van der Waals surface area contributed by atoms with Gasteiger partial charge in [0.25, 0.3) is 0 Å². The van der Waals surface area contributed by atoms with Crippen molar-refractivity contribution in [2.45, 2.75) is 26.3 Å². The zero-order chi connectivity index (χ0) is 22.3. The van der Waals surface area contributed by atoms with E-state index in [0.29, 0.717) is 25.9 Å². The summed E-state index contributed by atoms with van der Waals surface area (Å²) in [4.78, 5) is 23.4. The van der Waals surface area contributed by atoms with Gasteiger partial charge in [0, 0.05) is 35.5 Å². The number of nitrogens with zero attached hydrogens (tertiary/aromatic N) is 2. The molecule has 0 fully saturated rings. The van der Waals surface area contributed by atoms with Crippen LogP contribution in [0, 0.1) is 6.92 Å². The average Bonchev–Trinajstić information content (AvgIpc) is 3.17. The highest BCUT2D eigenvalue weighted by atomic mass is 32.1. The lowest BCUT2D eigenvalue weighted by atomic mass is 10.0. The van der Waals surface area contributed by atoms with Crippen LogP contribution in [0.1, 0.15) is 23.3 Å². The number of carbonyl (C=O) groups is 1. The number of para-hydroxylation sites is 1. The number of amides is 1. The van der Waals surface area contributed by atoms with Gasteiger partial charge < -0.3 is 15.4 Å². The number of aryl methyl sites for hydroxylation is 1. The number of ether oxygens (including phenoxy) is 1. The van der Waals surface area contributed by atoms with E-state index in [0.717, 1.165) is 32.9 Å². The largest absolute Gasteiger partial charge is 0.496 e. The molecule has 0 bridgehead atoms. The molecule has 0 atom stereocenters. The van der Waals surface area contributed by atoms with E-state index in [-0.39, 0.29) is 5.91 Å². The minimum Gasteiger partial charge on any atom is -0.496 e. The predicted octanol–water partition coefficient (Wildman–Crippen LogP) is 5.18. The van der Waals surface area contributed by atoms with Crippen molar-refractivity contribution >= 4 is 33.3 Å². The molecule has 7 heteroatoms. The first kappa shape index (κ1) is 21.8. The van der Waals surface area contributed by atoms with Gasteiger partial charge in [-0.25, -0.2) is 9.97 Å².